The molecule has 0 aliphatic heterocycles. The summed E-state index contributed by atoms with van der Waals surface area (Å²) < 4.78 is 24.0. The lowest BCUT2D eigenvalue weighted by Gasteiger charge is -2.15. The van der Waals surface area contributed by atoms with Crippen molar-refractivity contribution in [3.05, 3.63) is 95.8 Å². The number of hydrogen-bond acceptors (Lipinski definition) is 4. The highest BCUT2D eigenvalue weighted by Crippen LogP contribution is 2.23. The summed E-state index contributed by atoms with van der Waals surface area (Å²) in [5.41, 5.74) is 1.06. The number of carbonyl (C=O) groups is 2. The smallest absolute Gasteiger partial charge is 0.317 e. The number of para-hydroxylation sites is 1. The van der Waals surface area contributed by atoms with E-state index in [9.17, 15) is 14.0 Å². The third-order valence-corrected chi connectivity index (χ3v) is 4.36. The Labute approximate surface area is 168 Å². The molecule has 148 valence electrons. The molecule has 0 bridgehead atoms. The summed E-state index contributed by atoms with van der Waals surface area (Å²) in [5.74, 6) is -1.06. The molecule has 0 saturated heterocycles. The van der Waals surface area contributed by atoms with Crippen LogP contribution in [0.4, 0.5) is 4.39 Å². The minimum Gasteiger partial charge on any atom is -0.465 e. The van der Waals surface area contributed by atoms with Crippen LogP contribution in [0.1, 0.15) is 22.8 Å². The molecule has 29 heavy (non-hydrogen) atoms. The fourth-order valence-electron chi connectivity index (χ4n) is 2.90. The van der Waals surface area contributed by atoms with Gasteiger partial charge in [0.2, 0.25) is 0 Å². The van der Waals surface area contributed by atoms with E-state index in [2.05, 4.69) is 0 Å². The second kappa shape index (κ2) is 9.64. The number of esters is 1. The number of ether oxygens (including phenoxy) is 2. The SMILES string of the molecule is CCOC(=O)C(Cc1ccc(Oc2ccccc2)cc1)C(=O)c1ccc(F)cc1. The van der Waals surface area contributed by atoms with Gasteiger partial charge in [-0.05, 0) is 67.4 Å². The van der Waals surface area contributed by atoms with Crippen molar-refractivity contribution in [1.29, 1.82) is 0 Å². The molecule has 3 aromatic carbocycles. The molecule has 4 nitrogen and oxygen atoms in total. The molecule has 0 fully saturated rings. The van der Waals surface area contributed by atoms with Crippen molar-refractivity contribution in [2.75, 3.05) is 6.61 Å². The highest BCUT2D eigenvalue weighted by Gasteiger charge is 2.29. The monoisotopic (exact) mass is 392 g/mol. The molecule has 0 N–H and O–H groups in total. The third kappa shape index (κ3) is 5.51. The van der Waals surface area contributed by atoms with Gasteiger partial charge in [0.15, 0.2) is 5.78 Å². The zero-order valence-corrected chi connectivity index (χ0v) is 16.0. The third-order valence-electron chi connectivity index (χ3n) is 4.36. The number of rotatable bonds is 8. The normalized spacial score (nSPS) is 11.5. The molecular weight excluding hydrogens is 371 g/mol. The first-order valence-electron chi connectivity index (χ1n) is 9.35. The average molecular weight is 392 g/mol. The molecular formula is C24H21FO4. The molecule has 0 aliphatic carbocycles. The first kappa shape index (κ1) is 20.3. The predicted octanol–water partition coefficient (Wildman–Crippen LogP) is 5.22. The lowest BCUT2D eigenvalue weighted by Crippen LogP contribution is -2.28. The number of ketones is 1. The highest BCUT2D eigenvalue weighted by atomic mass is 19.1. The van der Waals surface area contributed by atoms with Crippen LogP contribution in [0.2, 0.25) is 0 Å². The van der Waals surface area contributed by atoms with Gasteiger partial charge in [0, 0.05) is 5.56 Å². The summed E-state index contributed by atoms with van der Waals surface area (Å²) in [4.78, 5) is 25.2. The van der Waals surface area contributed by atoms with Gasteiger partial charge >= 0.3 is 5.97 Å². The Hall–Kier alpha value is -3.47. The van der Waals surface area contributed by atoms with Gasteiger partial charge in [0.05, 0.1) is 6.61 Å². The van der Waals surface area contributed by atoms with Crippen molar-refractivity contribution in [3.8, 4) is 11.5 Å². The van der Waals surface area contributed by atoms with Gasteiger partial charge in [0.1, 0.15) is 23.2 Å². The van der Waals surface area contributed by atoms with Gasteiger partial charge in [-0.3, -0.25) is 9.59 Å². The van der Waals surface area contributed by atoms with Crippen LogP contribution in [0.5, 0.6) is 11.5 Å². The van der Waals surface area contributed by atoms with Gasteiger partial charge in [-0.25, -0.2) is 4.39 Å². The molecule has 3 aromatic rings. The second-order valence-electron chi connectivity index (χ2n) is 6.44. The van der Waals surface area contributed by atoms with E-state index >= 15 is 0 Å². The molecule has 0 spiro atoms. The zero-order chi connectivity index (χ0) is 20.6. The van der Waals surface area contributed by atoms with E-state index in [-0.39, 0.29) is 18.6 Å². The molecule has 0 saturated carbocycles. The Morgan fingerprint density at radius 2 is 1.48 bits per heavy atom. The molecule has 0 aromatic heterocycles. The largest absolute Gasteiger partial charge is 0.465 e. The van der Waals surface area contributed by atoms with Crippen molar-refractivity contribution >= 4 is 11.8 Å². The minimum atomic E-state index is -0.999. The van der Waals surface area contributed by atoms with E-state index in [1.54, 1.807) is 19.1 Å². The molecule has 1 atom stereocenters. The molecule has 1 unspecified atom stereocenters. The summed E-state index contributed by atoms with van der Waals surface area (Å²) in [6, 6.07) is 21.7. The van der Waals surface area contributed by atoms with Gasteiger partial charge in [-0.1, -0.05) is 30.3 Å². The first-order valence-corrected chi connectivity index (χ1v) is 9.35. The molecule has 5 heteroatoms. The van der Waals surface area contributed by atoms with Crippen LogP contribution in [0, 0.1) is 11.7 Å². The Bertz CT molecular complexity index is 950. The molecule has 0 amide bonds. The fraction of sp³-hybridized carbons (Fsp3) is 0.167. The summed E-state index contributed by atoms with van der Waals surface area (Å²) in [5, 5.41) is 0. The lowest BCUT2D eigenvalue weighted by molar-refractivity contribution is -0.146. The maximum Gasteiger partial charge on any atom is 0.317 e. The Kier molecular flexibility index (Phi) is 6.74. The number of halogens is 1. The molecule has 0 radical (unpaired) electrons. The fourth-order valence-corrected chi connectivity index (χ4v) is 2.90. The van der Waals surface area contributed by atoms with E-state index in [4.69, 9.17) is 9.47 Å². The summed E-state index contributed by atoms with van der Waals surface area (Å²) in [7, 11) is 0. The first-order chi connectivity index (χ1) is 14.1. The van der Waals surface area contributed by atoms with E-state index in [1.165, 1.54) is 24.3 Å². The number of Topliss-reactive ketones (excluding diaryl/α,β-unsaturated/α-hetero) is 1. The minimum absolute atomic E-state index is 0.176. The van der Waals surface area contributed by atoms with Gasteiger partial charge < -0.3 is 9.47 Å². The van der Waals surface area contributed by atoms with Crippen LogP contribution >= 0.6 is 0 Å². The van der Waals surface area contributed by atoms with E-state index in [0.29, 0.717) is 5.75 Å². The molecule has 3 rings (SSSR count). The highest BCUT2D eigenvalue weighted by molar-refractivity contribution is 6.08. The number of benzene rings is 3. The molecule has 0 aliphatic rings. The maximum absolute atomic E-state index is 13.2. The van der Waals surface area contributed by atoms with Crippen molar-refractivity contribution in [2.45, 2.75) is 13.3 Å². The van der Waals surface area contributed by atoms with E-state index < -0.39 is 23.5 Å². The van der Waals surface area contributed by atoms with Crippen LogP contribution < -0.4 is 4.74 Å². The van der Waals surface area contributed by atoms with E-state index in [1.807, 2.05) is 42.5 Å². The summed E-state index contributed by atoms with van der Waals surface area (Å²) in [6.07, 6.45) is 0.181. The number of hydrogen-bond donors (Lipinski definition) is 0. The van der Waals surface area contributed by atoms with Crippen LogP contribution in [-0.2, 0) is 16.0 Å². The number of carbonyl (C=O) groups excluding carboxylic acids is 2. The Morgan fingerprint density at radius 3 is 2.10 bits per heavy atom. The maximum atomic E-state index is 13.2. The Balaban J connectivity index is 1.75. The van der Waals surface area contributed by atoms with Crippen LogP contribution in [0.15, 0.2) is 78.9 Å². The topological polar surface area (TPSA) is 52.6 Å². The van der Waals surface area contributed by atoms with Gasteiger partial charge in [-0.15, -0.1) is 0 Å². The Morgan fingerprint density at radius 1 is 0.862 bits per heavy atom. The van der Waals surface area contributed by atoms with Gasteiger partial charge in [-0.2, -0.15) is 0 Å². The standard InChI is InChI=1S/C24H21FO4/c1-2-28-24(27)22(23(26)18-10-12-19(25)13-11-18)16-17-8-14-21(15-9-17)29-20-6-4-3-5-7-20/h3-15,22H,2,16H2,1H3. The van der Waals surface area contributed by atoms with Crippen molar-refractivity contribution < 1.29 is 23.5 Å². The lowest BCUT2D eigenvalue weighted by atomic mass is 9.91. The van der Waals surface area contributed by atoms with Gasteiger partial charge in [0.25, 0.3) is 0 Å². The van der Waals surface area contributed by atoms with Crippen LogP contribution in [-0.4, -0.2) is 18.4 Å². The summed E-state index contributed by atoms with van der Waals surface area (Å²) >= 11 is 0. The predicted molar refractivity (Wildman–Crippen MR) is 108 cm³/mol. The summed E-state index contributed by atoms with van der Waals surface area (Å²) in [6.45, 7) is 1.86. The van der Waals surface area contributed by atoms with Crippen LogP contribution in [0.3, 0.4) is 0 Å². The van der Waals surface area contributed by atoms with Crippen molar-refractivity contribution in [1.82, 2.24) is 0 Å². The zero-order valence-electron chi connectivity index (χ0n) is 16.0. The van der Waals surface area contributed by atoms with Crippen molar-refractivity contribution in [2.24, 2.45) is 5.92 Å². The van der Waals surface area contributed by atoms with E-state index in [0.717, 1.165) is 11.3 Å². The van der Waals surface area contributed by atoms with Crippen LogP contribution in [0.25, 0.3) is 0 Å². The average Bonchev–Trinajstić information content (AvgIpc) is 2.74. The van der Waals surface area contributed by atoms with Crippen molar-refractivity contribution in [3.63, 3.8) is 0 Å². The molecule has 0 heterocycles. The quantitative estimate of drug-likeness (QED) is 0.299. The second-order valence-corrected chi connectivity index (χ2v) is 6.44.